The molecule has 0 radical (unpaired) electrons. The summed E-state index contributed by atoms with van der Waals surface area (Å²) >= 11 is 5.84. The number of benzene rings is 2. The number of hydrogen-bond donors (Lipinski definition) is 0. The van der Waals surface area contributed by atoms with Crippen LogP contribution in [0.3, 0.4) is 0 Å². The zero-order valence-electron chi connectivity index (χ0n) is 13.0. The zero-order valence-corrected chi connectivity index (χ0v) is 13.8. The largest absolute Gasteiger partial charge is 0.469 e. The van der Waals surface area contributed by atoms with Crippen molar-refractivity contribution in [3.8, 4) is 0 Å². The second kappa shape index (κ2) is 8.49. The summed E-state index contributed by atoms with van der Waals surface area (Å²) in [4.78, 5) is 23.3. The third-order valence-corrected chi connectivity index (χ3v) is 3.88. The molecule has 0 aliphatic rings. The molecule has 0 aliphatic heterocycles. The number of methoxy groups -OCH3 is 1. The maximum atomic E-state index is 12.3. The molecule has 0 atom stereocenters. The van der Waals surface area contributed by atoms with Gasteiger partial charge in [0.25, 0.3) is 0 Å². The number of halogens is 1. The number of esters is 1. The smallest absolute Gasteiger partial charge is 0.305 e. The summed E-state index contributed by atoms with van der Waals surface area (Å²) < 4.78 is 4.61. The van der Waals surface area contributed by atoms with Gasteiger partial charge in [-0.15, -0.1) is 0 Å². The lowest BCUT2D eigenvalue weighted by Gasteiger charge is -2.05. The standard InChI is InChI=1S/C19H19ClO3/c1-23-19(22)4-2-3-14-5-9-16(10-6-14)18(21)13-15-7-11-17(20)12-8-15/h5-12H,2-4,13H2,1H3. The molecule has 23 heavy (non-hydrogen) atoms. The zero-order chi connectivity index (χ0) is 16.7. The van der Waals surface area contributed by atoms with Gasteiger partial charge < -0.3 is 4.74 Å². The third kappa shape index (κ3) is 5.53. The van der Waals surface area contributed by atoms with Gasteiger partial charge in [-0.3, -0.25) is 9.59 Å². The van der Waals surface area contributed by atoms with E-state index in [1.165, 1.54) is 7.11 Å². The van der Waals surface area contributed by atoms with Crippen LogP contribution in [0.15, 0.2) is 48.5 Å². The number of carbonyl (C=O) groups is 2. The Morgan fingerprint density at radius 1 is 0.957 bits per heavy atom. The first-order chi connectivity index (χ1) is 11.1. The van der Waals surface area contributed by atoms with Crippen LogP contribution in [0.4, 0.5) is 0 Å². The second-order valence-corrected chi connectivity index (χ2v) is 5.79. The highest BCUT2D eigenvalue weighted by molar-refractivity contribution is 6.30. The predicted octanol–water partition coefficient (Wildman–Crippen LogP) is 4.26. The average Bonchev–Trinajstić information content (AvgIpc) is 2.57. The number of ether oxygens (including phenoxy) is 1. The molecule has 4 heteroatoms. The van der Waals surface area contributed by atoms with Gasteiger partial charge in [0.1, 0.15) is 0 Å². The van der Waals surface area contributed by atoms with Gasteiger partial charge in [0, 0.05) is 23.4 Å². The number of aryl methyl sites for hydroxylation is 1. The van der Waals surface area contributed by atoms with Gasteiger partial charge in [-0.05, 0) is 36.1 Å². The normalized spacial score (nSPS) is 10.3. The summed E-state index contributed by atoms with van der Waals surface area (Å²) in [6, 6.07) is 14.8. The van der Waals surface area contributed by atoms with Gasteiger partial charge in [-0.25, -0.2) is 0 Å². The first-order valence-electron chi connectivity index (χ1n) is 7.52. The summed E-state index contributed by atoms with van der Waals surface area (Å²) in [6.45, 7) is 0. The van der Waals surface area contributed by atoms with Crippen molar-refractivity contribution < 1.29 is 14.3 Å². The maximum absolute atomic E-state index is 12.3. The van der Waals surface area contributed by atoms with Crippen LogP contribution in [0.2, 0.25) is 5.02 Å². The lowest BCUT2D eigenvalue weighted by molar-refractivity contribution is -0.140. The van der Waals surface area contributed by atoms with Gasteiger partial charge in [0.2, 0.25) is 0 Å². The van der Waals surface area contributed by atoms with Crippen LogP contribution < -0.4 is 0 Å². The molecule has 0 spiro atoms. The average molecular weight is 331 g/mol. The molecule has 3 nitrogen and oxygen atoms in total. The van der Waals surface area contributed by atoms with Crippen molar-refractivity contribution in [3.05, 3.63) is 70.2 Å². The minimum atomic E-state index is -0.195. The Labute approximate surface area is 141 Å². The first kappa shape index (κ1) is 17.2. The maximum Gasteiger partial charge on any atom is 0.305 e. The molecule has 0 fully saturated rings. The SMILES string of the molecule is COC(=O)CCCc1ccc(C(=O)Cc2ccc(Cl)cc2)cc1. The van der Waals surface area contributed by atoms with E-state index >= 15 is 0 Å². The molecule has 0 saturated heterocycles. The summed E-state index contributed by atoms with van der Waals surface area (Å²) in [5.74, 6) is -0.117. The van der Waals surface area contributed by atoms with Crippen molar-refractivity contribution in [3.63, 3.8) is 0 Å². The minimum absolute atomic E-state index is 0.0773. The first-order valence-corrected chi connectivity index (χ1v) is 7.89. The summed E-state index contributed by atoms with van der Waals surface area (Å²) in [5, 5.41) is 0.664. The van der Waals surface area contributed by atoms with Crippen LogP contribution in [-0.2, 0) is 22.4 Å². The Morgan fingerprint density at radius 2 is 1.57 bits per heavy atom. The van der Waals surface area contributed by atoms with E-state index in [2.05, 4.69) is 4.74 Å². The highest BCUT2D eigenvalue weighted by Crippen LogP contribution is 2.14. The Hall–Kier alpha value is -2.13. The molecule has 120 valence electrons. The Balaban J connectivity index is 1.89. The molecular weight excluding hydrogens is 312 g/mol. The van der Waals surface area contributed by atoms with E-state index in [1.807, 2.05) is 36.4 Å². The van der Waals surface area contributed by atoms with Crippen LogP contribution >= 0.6 is 11.6 Å². The van der Waals surface area contributed by atoms with Crippen LogP contribution in [-0.4, -0.2) is 18.9 Å². The number of Topliss-reactive ketones (excluding diaryl/α,β-unsaturated/α-hetero) is 1. The molecule has 0 aliphatic carbocycles. The fraction of sp³-hybridized carbons (Fsp3) is 0.263. The lowest BCUT2D eigenvalue weighted by Crippen LogP contribution is -2.04. The summed E-state index contributed by atoms with van der Waals surface area (Å²) in [7, 11) is 1.39. The monoisotopic (exact) mass is 330 g/mol. The van der Waals surface area contributed by atoms with E-state index in [9.17, 15) is 9.59 Å². The summed E-state index contributed by atoms with van der Waals surface area (Å²) in [6.07, 6.45) is 2.30. The van der Waals surface area contributed by atoms with Crippen LogP contribution in [0, 0.1) is 0 Å². The topological polar surface area (TPSA) is 43.4 Å². The predicted molar refractivity (Wildman–Crippen MR) is 90.9 cm³/mol. The molecule has 0 amide bonds. The number of hydrogen-bond acceptors (Lipinski definition) is 3. The molecule has 2 aromatic rings. The molecule has 2 aromatic carbocycles. The van der Waals surface area contributed by atoms with Crippen molar-refractivity contribution in [2.75, 3.05) is 7.11 Å². The molecule has 0 heterocycles. The van der Waals surface area contributed by atoms with Crippen molar-refractivity contribution >= 4 is 23.4 Å². The van der Waals surface area contributed by atoms with Gasteiger partial charge in [-0.1, -0.05) is 48.0 Å². The molecule has 2 rings (SSSR count). The van der Waals surface area contributed by atoms with E-state index in [1.54, 1.807) is 12.1 Å². The molecule has 0 N–H and O–H groups in total. The van der Waals surface area contributed by atoms with Gasteiger partial charge >= 0.3 is 5.97 Å². The van der Waals surface area contributed by atoms with Gasteiger partial charge in [0.05, 0.1) is 7.11 Å². The Kier molecular flexibility index (Phi) is 6.36. The van der Waals surface area contributed by atoms with Crippen molar-refractivity contribution in [2.45, 2.75) is 25.7 Å². The molecular formula is C19H19ClO3. The van der Waals surface area contributed by atoms with Gasteiger partial charge in [-0.2, -0.15) is 0 Å². The summed E-state index contributed by atoms with van der Waals surface area (Å²) in [5.41, 5.74) is 2.75. The fourth-order valence-corrected chi connectivity index (χ4v) is 2.41. The Bertz CT molecular complexity index is 660. The van der Waals surface area contributed by atoms with Crippen molar-refractivity contribution in [2.24, 2.45) is 0 Å². The Morgan fingerprint density at radius 3 is 2.17 bits per heavy atom. The van der Waals surface area contributed by atoms with E-state index in [-0.39, 0.29) is 11.8 Å². The van der Waals surface area contributed by atoms with Crippen LogP contribution in [0.25, 0.3) is 0 Å². The second-order valence-electron chi connectivity index (χ2n) is 5.35. The van der Waals surface area contributed by atoms with E-state index in [0.717, 1.165) is 24.0 Å². The fourth-order valence-electron chi connectivity index (χ4n) is 2.29. The molecule has 0 unspecified atom stereocenters. The number of carbonyl (C=O) groups excluding carboxylic acids is 2. The van der Waals surface area contributed by atoms with E-state index in [0.29, 0.717) is 23.4 Å². The highest BCUT2D eigenvalue weighted by atomic mass is 35.5. The molecule has 0 saturated carbocycles. The van der Waals surface area contributed by atoms with E-state index < -0.39 is 0 Å². The number of rotatable bonds is 7. The van der Waals surface area contributed by atoms with Crippen LogP contribution in [0.1, 0.15) is 34.3 Å². The quantitative estimate of drug-likeness (QED) is 0.562. The van der Waals surface area contributed by atoms with Crippen molar-refractivity contribution in [1.82, 2.24) is 0 Å². The number of ketones is 1. The molecule has 0 aromatic heterocycles. The molecule has 0 bridgehead atoms. The van der Waals surface area contributed by atoms with Gasteiger partial charge in [0.15, 0.2) is 5.78 Å². The van der Waals surface area contributed by atoms with E-state index in [4.69, 9.17) is 11.6 Å². The lowest BCUT2D eigenvalue weighted by atomic mass is 10.0. The van der Waals surface area contributed by atoms with Crippen LogP contribution in [0.5, 0.6) is 0 Å². The minimum Gasteiger partial charge on any atom is -0.469 e. The highest BCUT2D eigenvalue weighted by Gasteiger charge is 2.07. The third-order valence-electron chi connectivity index (χ3n) is 3.63. The van der Waals surface area contributed by atoms with Crippen molar-refractivity contribution in [1.29, 1.82) is 0 Å².